The van der Waals surface area contributed by atoms with E-state index in [0.29, 0.717) is 5.56 Å². The quantitative estimate of drug-likeness (QED) is 0.731. The van der Waals surface area contributed by atoms with Crippen LogP contribution >= 0.6 is 11.6 Å². The second kappa shape index (κ2) is 8.25. The van der Waals surface area contributed by atoms with Crippen molar-refractivity contribution in [1.82, 2.24) is 10.6 Å². The molecule has 25 heavy (non-hydrogen) atoms. The van der Waals surface area contributed by atoms with Crippen LogP contribution in [0.15, 0.2) is 48.5 Å². The molecule has 0 unspecified atom stereocenters. The molecule has 2 rings (SSSR count). The van der Waals surface area contributed by atoms with Gasteiger partial charge in [-0.05, 0) is 24.3 Å². The topological polar surface area (TPSA) is 95.5 Å². The Morgan fingerprint density at radius 1 is 1.04 bits per heavy atom. The Morgan fingerprint density at radius 3 is 2.32 bits per heavy atom. The number of hydrogen-bond acceptors (Lipinski definition) is 3. The zero-order valence-corrected chi connectivity index (χ0v) is 13.6. The molecule has 3 N–H and O–H groups in total. The zero-order chi connectivity index (χ0) is 18.4. The Labute approximate surface area is 147 Å². The number of carbonyl (C=O) groups excluding carboxylic acids is 2. The summed E-state index contributed by atoms with van der Waals surface area (Å²) in [5, 5.41) is 13.6. The largest absolute Gasteiger partial charge is 0.480 e. The number of amides is 2. The van der Waals surface area contributed by atoms with Crippen LogP contribution in [-0.2, 0) is 4.79 Å². The second-order valence-electron chi connectivity index (χ2n) is 5.04. The highest BCUT2D eigenvalue weighted by molar-refractivity contribution is 6.33. The van der Waals surface area contributed by atoms with Gasteiger partial charge in [0.05, 0.1) is 10.6 Å². The molecule has 0 radical (unpaired) electrons. The van der Waals surface area contributed by atoms with Gasteiger partial charge in [0.2, 0.25) is 0 Å². The van der Waals surface area contributed by atoms with Crippen LogP contribution in [0.5, 0.6) is 0 Å². The van der Waals surface area contributed by atoms with E-state index in [4.69, 9.17) is 11.6 Å². The van der Waals surface area contributed by atoms with Gasteiger partial charge in [0.1, 0.15) is 11.9 Å². The molecule has 2 amide bonds. The van der Waals surface area contributed by atoms with Crippen LogP contribution in [0.4, 0.5) is 4.39 Å². The molecular formula is C17H14ClFN2O4. The average Bonchev–Trinajstić information content (AvgIpc) is 2.58. The molecule has 0 spiro atoms. The highest BCUT2D eigenvalue weighted by Gasteiger charge is 2.24. The molecule has 2 aromatic rings. The molecule has 2 aromatic carbocycles. The lowest BCUT2D eigenvalue weighted by Crippen LogP contribution is -2.48. The second-order valence-corrected chi connectivity index (χ2v) is 5.44. The number of carboxylic acid groups (broad SMARTS) is 1. The van der Waals surface area contributed by atoms with Gasteiger partial charge >= 0.3 is 5.97 Å². The van der Waals surface area contributed by atoms with E-state index in [1.807, 2.05) is 0 Å². The third-order valence-corrected chi connectivity index (χ3v) is 3.61. The first-order chi connectivity index (χ1) is 11.9. The van der Waals surface area contributed by atoms with Gasteiger partial charge in [-0.2, -0.15) is 0 Å². The van der Waals surface area contributed by atoms with Crippen molar-refractivity contribution in [2.24, 2.45) is 0 Å². The van der Waals surface area contributed by atoms with Gasteiger partial charge in [-0.15, -0.1) is 0 Å². The van der Waals surface area contributed by atoms with Gasteiger partial charge in [-0.3, -0.25) is 9.59 Å². The Kier molecular flexibility index (Phi) is 6.08. The summed E-state index contributed by atoms with van der Waals surface area (Å²) in [6, 6.07) is 10.4. The molecule has 0 saturated carbocycles. The summed E-state index contributed by atoms with van der Waals surface area (Å²) in [7, 11) is 0. The molecule has 0 aliphatic rings. The minimum atomic E-state index is -1.45. The predicted octanol–water partition coefficient (Wildman–Crippen LogP) is 2.09. The maximum atomic E-state index is 13.7. The van der Waals surface area contributed by atoms with Crippen molar-refractivity contribution in [3.63, 3.8) is 0 Å². The summed E-state index contributed by atoms with van der Waals surface area (Å²) in [6.45, 7) is -0.374. The molecule has 6 nitrogen and oxygen atoms in total. The fraction of sp³-hybridized carbons (Fsp3) is 0.118. The molecule has 0 bridgehead atoms. The number of nitrogens with one attached hydrogen (secondary N) is 2. The fourth-order valence-electron chi connectivity index (χ4n) is 2.03. The monoisotopic (exact) mass is 364 g/mol. The zero-order valence-electron chi connectivity index (χ0n) is 12.8. The van der Waals surface area contributed by atoms with Gasteiger partial charge in [-0.1, -0.05) is 35.9 Å². The Balaban J connectivity index is 2.05. The van der Waals surface area contributed by atoms with Crippen molar-refractivity contribution in [3.05, 3.63) is 70.5 Å². The first kappa shape index (κ1) is 18.4. The number of carboxylic acids is 1. The SMILES string of the molecule is O=C(NC[C@H](NC(=O)c1c(F)cccc1Cl)C(=O)O)c1ccccc1. The lowest BCUT2D eigenvalue weighted by Gasteiger charge is -2.16. The Morgan fingerprint density at radius 2 is 1.72 bits per heavy atom. The summed E-state index contributed by atoms with van der Waals surface area (Å²) in [5.41, 5.74) is -0.111. The number of aliphatic carboxylic acids is 1. The van der Waals surface area contributed by atoms with E-state index in [0.717, 1.165) is 6.07 Å². The molecule has 0 saturated heterocycles. The number of hydrogen-bond donors (Lipinski definition) is 3. The van der Waals surface area contributed by atoms with E-state index in [1.54, 1.807) is 30.3 Å². The summed E-state index contributed by atoms with van der Waals surface area (Å²) in [5.74, 6) is -3.73. The Hall–Kier alpha value is -2.93. The van der Waals surface area contributed by atoms with E-state index in [9.17, 15) is 23.9 Å². The molecule has 130 valence electrons. The number of rotatable bonds is 6. The molecule has 0 aromatic heterocycles. The summed E-state index contributed by atoms with van der Waals surface area (Å²) < 4.78 is 13.7. The Bertz CT molecular complexity index is 778. The third kappa shape index (κ3) is 4.77. The molecule has 0 aliphatic carbocycles. The molecule has 0 heterocycles. The van der Waals surface area contributed by atoms with E-state index < -0.39 is 35.2 Å². The van der Waals surface area contributed by atoms with Crippen LogP contribution in [0.1, 0.15) is 20.7 Å². The van der Waals surface area contributed by atoms with Gasteiger partial charge in [0, 0.05) is 12.1 Å². The number of halogens is 2. The minimum Gasteiger partial charge on any atom is -0.480 e. The lowest BCUT2D eigenvalue weighted by atomic mass is 10.1. The van der Waals surface area contributed by atoms with Gasteiger partial charge in [0.15, 0.2) is 0 Å². The smallest absolute Gasteiger partial charge is 0.328 e. The molecular weight excluding hydrogens is 351 g/mol. The van der Waals surface area contributed by atoms with Gasteiger partial charge in [0.25, 0.3) is 11.8 Å². The predicted molar refractivity (Wildman–Crippen MR) is 89.1 cm³/mol. The maximum absolute atomic E-state index is 13.7. The molecule has 0 aliphatic heterocycles. The number of benzene rings is 2. The normalized spacial score (nSPS) is 11.4. The van der Waals surface area contributed by atoms with Crippen molar-refractivity contribution in [2.75, 3.05) is 6.54 Å². The summed E-state index contributed by atoms with van der Waals surface area (Å²) in [6.07, 6.45) is 0. The van der Waals surface area contributed by atoms with Crippen molar-refractivity contribution in [3.8, 4) is 0 Å². The average molecular weight is 365 g/mol. The van der Waals surface area contributed by atoms with Crippen molar-refractivity contribution in [1.29, 1.82) is 0 Å². The van der Waals surface area contributed by atoms with Gasteiger partial charge < -0.3 is 15.7 Å². The van der Waals surface area contributed by atoms with Crippen LogP contribution in [0.25, 0.3) is 0 Å². The van der Waals surface area contributed by atoms with Crippen molar-refractivity contribution >= 4 is 29.4 Å². The molecule has 8 heteroatoms. The van der Waals surface area contributed by atoms with Crippen molar-refractivity contribution in [2.45, 2.75) is 6.04 Å². The van der Waals surface area contributed by atoms with Crippen LogP contribution in [0.3, 0.4) is 0 Å². The first-order valence-corrected chi connectivity index (χ1v) is 7.59. The highest BCUT2D eigenvalue weighted by Crippen LogP contribution is 2.18. The standard InChI is InChI=1S/C17H14ClFN2O4/c18-11-7-4-8-12(19)14(11)16(23)21-13(17(24)25)9-20-15(22)10-5-2-1-3-6-10/h1-8,13H,9H2,(H,20,22)(H,21,23)(H,24,25)/t13-/m0/s1. The maximum Gasteiger partial charge on any atom is 0.328 e. The van der Waals surface area contributed by atoms with Crippen LogP contribution < -0.4 is 10.6 Å². The van der Waals surface area contributed by atoms with Crippen LogP contribution in [-0.4, -0.2) is 35.5 Å². The summed E-state index contributed by atoms with van der Waals surface area (Å²) in [4.78, 5) is 35.3. The molecule has 0 fully saturated rings. The van der Waals surface area contributed by atoms with E-state index in [2.05, 4.69) is 10.6 Å². The first-order valence-electron chi connectivity index (χ1n) is 7.21. The van der Waals surface area contributed by atoms with Gasteiger partial charge in [-0.25, -0.2) is 9.18 Å². The van der Waals surface area contributed by atoms with E-state index in [1.165, 1.54) is 12.1 Å². The minimum absolute atomic E-state index is 0.144. The highest BCUT2D eigenvalue weighted by atomic mass is 35.5. The lowest BCUT2D eigenvalue weighted by molar-refractivity contribution is -0.139. The van der Waals surface area contributed by atoms with Crippen LogP contribution in [0, 0.1) is 5.82 Å². The van der Waals surface area contributed by atoms with E-state index >= 15 is 0 Å². The van der Waals surface area contributed by atoms with Crippen molar-refractivity contribution < 1.29 is 23.9 Å². The van der Waals surface area contributed by atoms with E-state index in [-0.39, 0.29) is 11.6 Å². The number of carbonyl (C=O) groups is 3. The fourth-order valence-corrected chi connectivity index (χ4v) is 2.28. The molecule has 1 atom stereocenters. The third-order valence-electron chi connectivity index (χ3n) is 3.30. The van der Waals surface area contributed by atoms with Crippen LogP contribution in [0.2, 0.25) is 5.02 Å². The summed E-state index contributed by atoms with van der Waals surface area (Å²) >= 11 is 5.78.